The van der Waals surface area contributed by atoms with Gasteiger partial charge in [-0.2, -0.15) is 0 Å². The molecule has 0 atom stereocenters. The van der Waals surface area contributed by atoms with Crippen LogP contribution in [0.4, 0.5) is 11.5 Å². The van der Waals surface area contributed by atoms with Crippen molar-refractivity contribution >= 4 is 11.5 Å². The molecule has 0 aliphatic rings. The minimum atomic E-state index is -0.393. The Kier molecular flexibility index (Phi) is 2.66. The Balaban J connectivity index is 2.90. The number of hydrogen-bond donors (Lipinski definition) is 2. The summed E-state index contributed by atoms with van der Waals surface area (Å²) in [6.45, 7) is 5.70. The van der Waals surface area contributed by atoms with E-state index in [1.165, 1.54) is 0 Å². The number of nitrogens with two attached hydrogens (primary N) is 1. The van der Waals surface area contributed by atoms with E-state index >= 15 is 0 Å². The van der Waals surface area contributed by atoms with Crippen molar-refractivity contribution in [3.8, 4) is 12.3 Å². The van der Waals surface area contributed by atoms with Crippen LogP contribution in [0.3, 0.4) is 0 Å². The minimum absolute atomic E-state index is 0.393. The van der Waals surface area contributed by atoms with Crippen LogP contribution in [-0.4, -0.2) is 10.5 Å². The summed E-state index contributed by atoms with van der Waals surface area (Å²) in [5, 5.41) is 3.13. The molecule has 0 aromatic carbocycles. The smallest absolute Gasteiger partial charge is 0.127 e. The molecule has 3 nitrogen and oxygen atoms in total. The van der Waals surface area contributed by atoms with Crippen LogP contribution in [0.5, 0.6) is 0 Å². The molecule has 0 saturated carbocycles. The largest absolute Gasteiger partial charge is 0.397 e. The van der Waals surface area contributed by atoms with Crippen molar-refractivity contribution in [3.63, 3.8) is 0 Å². The fourth-order valence-corrected chi connectivity index (χ4v) is 0.998. The monoisotopic (exact) mass is 189 g/mol. The van der Waals surface area contributed by atoms with Gasteiger partial charge < -0.3 is 11.1 Å². The van der Waals surface area contributed by atoms with Crippen molar-refractivity contribution in [1.82, 2.24) is 4.98 Å². The quantitative estimate of drug-likeness (QED) is 0.697. The predicted octanol–water partition coefficient (Wildman–Crippen LogP) is 1.80. The van der Waals surface area contributed by atoms with E-state index in [1.54, 1.807) is 0 Å². The van der Waals surface area contributed by atoms with Gasteiger partial charge in [-0.3, -0.25) is 0 Å². The number of hydrogen-bond acceptors (Lipinski definition) is 3. The summed E-state index contributed by atoms with van der Waals surface area (Å²) >= 11 is 0. The number of anilines is 2. The maximum absolute atomic E-state index is 5.65. The molecule has 3 N–H and O–H groups in total. The Labute approximate surface area is 84.7 Å². The van der Waals surface area contributed by atoms with E-state index in [1.807, 2.05) is 32.9 Å². The summed E-state index contributed by atoms with van der Waals surface area (Å²) in [6.07, 6.45) is 5.36. The van der Waals surface area contributed by atoms with Gasteiger partial charge in [-0.15, -0.1) is 6.42 Å². The molecule has 0 saturated heterocycles. The molecule has 0 aliphatic heterocycles. The lowest BCUT2D eigenvalue weighted by atomic mass is 10.1. The van der Waals surface area contributed by atoms with Crippen LogP contribution in [0.15, 0.2) is 12.1 Å². The van der Waals surface area contributed by atoms with Gasteiger partial charge in [-0.1, -0.05) is 5.92 Å². The third kappa shape index (κ3) is 2.40. The van der Waals surface area contributed by atoms with E-state index < -0.39 is 5.54 Å². The van der Waals surface area contributed by atoms with Crippen LogP contribution in [0.1, 0.15) is 19.5 Å². The molecule has 74 valence electrons. The molecule has 3 heteroatoms. The van der Waals surface area contributed by atoms with Crippen LogP contribution in [0.2, 0.25) is 0 Å². The van der Waals surface area contributed by atoms with Gasteiger partial charge in [-0.05, 0) is 32.9 Å². The molecule has 0 radical (unpaired) electrons. The fraction of sp³-hybridized carbons (Fsp3) is 0.364. The maximum atomic E-state index is 5.65. The Morgan fingerprint density at radius 3 is 2.64 bits per heavy atom. The van der Waals surface area contributed by atoms with Crippen LogP contribution in [0, 0.1) is 19.3 Å². The second-order valence-corrected chi connectivity index (χ2v) is 3.77. The average Bonchev–Trinajstić information content (AvgIpc) is 2.11. The standard InChI is InChI=1S/C11H15N3/c1-5-11(3,4)14-10-7-6-9(12)8(2)13-10/h1,6-7H,12H2,2-4H3,(H,13,14). The van der Waals surface area contributed by atoms with Crippen LogP contribution < -0.4 is 11.1 Å². The minimum Gasteiger partial charge on any atom is -0.397 e. The number of aryl methyl sites for hydroxylation is 1. The molecule has 1 rings (SSSR count). The lowest BCUT2D eigenvalue weighted by molar-refractivity contribution is 0.735. The van der Waals surface area contributed by atoms with E-state index in [-0.39, 0.29) is 0 Å². The van der Waals surface area contributed by atoms with Gasteiger partial charge in [0, 0.05) is 0 Å². The lowest BCUT2D eigenvalue weighted by Crippen LogP contribution is -2.29. The zero-order chi connectivity index (χ0) is 10.8. The second-order valence-electron chi connectivity index (χ2n) is 3.77. The summed E-state index contributed by atoms with van der Waals surface area (Å²) in [5.41, 5.74) is 6.76. The van der Waals surface area contributed by atoms with Crippen molar-refractivity contribution in [2.24, 2.45) is 0 Å². The van der Waals surface area contributed by atoms with Crippen molar-refractivity contribution < 1.29 is 0 Å². The molecule has 0 aliphatic carbocycles. The van der Waals surface area contributed by atoms with Crippen LogP contribution >= 0.6 is 0 Å². The highest BCUT2D eigenvalue weighted by molar-refractivity contribution is 5.50. The molecule has 1 aromatic rings. The zero-order valence-electron chi connectivity index (χ0n) is 8.76. The average molecular weight is 189 g/mol. The number of rotatable bonds is 2. The summed E-state index contributed by atoms with van der Waals surface area (Å²) < 4.78 is 0. The Morgan fingerprint density at radius 1 is 1.50 bits per heavy atom. The van der Waals surface area contributed by atoms with E-state index in [0.717, 1.165) is 11.5 Å². The molecule has 0 spiro atoms. The lowest BCUT2D eigenvalue weighted by Gasteiger charge is -2.20. The first-order chi connectivity index (χ1) is 6.44. The molecule has 0 unspecified atom stereocenters. The number of terminal acetylenes is 1. The van der Waals surface area contributed by atoms with Crippen LogP contribution in [0.25, 0.3) is 0 Å². The number of aromatic nitrogens is 1. The van der Waals surface area contributed by atoms with E-state index in [0.29, 0.717) is 5.69 Å². The third-order valence-corrected chi connectivity index (χ3v) is 1.93. The molecule has 0 fully saturated rings. The zero-order valence-corrected chi connectivity index (χ0v) is 8.76. The Morgan fingerprint density at radius 2 is 2.14 bits per heavy atom. The van der Waals surface area contributed by atoms with Crippen LogP contribution in [-0.2, 0) is 0 Å². The van der Waals surface area contributed by atoms with E-state index in [4.69, 9.17) is 12.2 Å². The molecular formula is C11H15N3. The van der Waals surface area contributed by atoms with Crippen molar-refractivity contribution in [3.05, 3.63) is 17.8 Å². The Bertz CT molecular complexity index is 375. The molecule has 14 heavy (non-hydrogen) atoms. The normalized spacial score (nSPS) is 10.7. The van der Waals surface area contributed by atoms with Gasteiger partial charge >= 0.3 is 0 Å². The fourth-order valence-electron chi connectivity index (χ4n) is 0.998. The molecule has 1 aromatic heterocycles. The topological polar surface area (TPSA) is 50.9 Å². The predicted molar refractivity (Wildman–Crippen MR) is 59.9 cm³/mol. The van der Waals surface area contributed by atoms with Crippen molar-refractivity contribution in [2.45, 2.75) is 26.3 Å². The maximum Gasteiger partial charge on any atom is 0.127 e. The van der Waals surface area contributed by atoms with Gasteiger partial charge in [0.05, 0.1) is 16.9 Å². The first-order valence-electron chi connectivity index (χ1n) is 4.44. The SMILES string of the molecule is C#CC(C)(C)Nc1ccc(N)c(C)n1. The summed E-state index contributed by atoms with van der Waals surface area (Å²) in [6, 6.07) is 3.64. The van der Waals surface area contributed by atoms with E-state index in [9.17, 15) is 0 Å². The number of nitrogens with one attached hydrogen (secondary N) is 1. The number of pyridine rings is 1. The van der Waals surface area contributed by atoms with Crippen molar-refractivity contribution in [2.75, 3.05) is 11.1 Å². The summed E-state index contributed by atoms with van der Waals surface area (Å²) in [4.78, 5) is 4.27. The highest BCUT2D eigenvalue weighted by atomic mass is 15.0. The first-order valence-corrected chi connectivity index (χ1v) is 4.44. The summed E-state index contributed by atoms with van der Waals surface area (Å²) in [7, 11) is 0. The summed E-state index contributed by atoms with van der Waals surface area (Å²) in [5.74, 6) is 3.39. The molecule has 0 bridgehead atoms. The number of nitrogen functional groups attached to an aromatic ring is 1. The third-order valence-electron chi connectivity index (χ3n) is 1.93. The van der Waals surface area contributed by atoms with E-state index in [2.05, 4.69) is 16.2 Å². The van der Waals surface area contributed by atoms with Gasteiger partial charge in [0.15, 0.2) is 0 Å². The highest BCUT2D eigenvalue weighted by Crippen LogP contribution is 2.15. The first kappa shape index (κ1) is 10.4. The Hall–Kier alpha value is -1.69. The highest BCUT2D eigenvalue weighted by Gasteiger charge is 2.13. The second kappa shape index (κ2) is 3.59. The molecule has 0 amide bonds. The number of nitrogens with zero attached hydrogens (tertiary/aromatic N) is 1. The van der Waals surface area contributed by atoms with Crippen molar-refractivity contribution in [1.29, 1.82) is 0 Å². The molecular weight excluding hydrogens is 174 g/mol. The van der Waals surface area contributed by atoms with Gasteiger partial charge in [-0.25, -0.2) is 4.98 Å². The molecule has 1 heterocycles. The van der Waals surface area contributed by atoms with Gasteiger partial charge in [0.1, 0.15) is 5.82 Å². The van der Waals surface area contributed by atoms with Gasteiger partial charge in [0.2, 0.25) is 0 Å². The van der Waals surface area contributed by atoms with Gasteiger partial charge in [0.25, 0.3) is 0 Å².